The molecule has 1 aromatic carbocycles. The van der Waals surface area contributed by atoms with Crippen molar-refractivity contribution in [2.45, 2.75) is 0 Å². The summed E-state index contributed by atoms with van der Waals surface area (Å²) >= 11 is 0. The van der Waals surface area contributed by atoms with E-state index >= 15 is 0 Å². The van der Waals surface area contributed by atoms with E-state index in [0.717, 1.165) is 19.6 Å². The lowest BCUT2D eigenvalue weighted by atomic mass is 10.2. The van der Waals surface area contributed by atoms with Gasteiger partial charge >= 0.3 is 5.69 Å². The van der Waals surface area contributed by atoms with Crippen LogP contribution < -0.4 is 20.1 Å². The minimum Gasteiger partial charge on any atom is -0.497 e. The molecule has 3 rings (SSSR count). The van der Waals surface area contributed by atoms with Crippen LogP contribution in [0.3, 0.4) is 0 Å². The Morgan fingerprint density at radius 1 is 1.21 bits per heavy atom. The summed E-state index contributed by atoms with van der Waals surface area (Å²) in [6, 6.07) is 5.10. The number of rotatable bonds is 9. The topological polar surface area (TPSA) is 124 Å². The number of hydrogen-bond donors (Lipinski definition) is 2. The molecule has 2 heterocycles. The van der Waals surface area contributed by atoms with E-state index in [9.17, 15) is 10.1 Å². The minimum absolute atomic E-state index is 0.0716. The molecule has 1 aromatic heterocycles. The van der Waals surface area contributed by atoms with Crippen molar-refractivity contribution in [2.24, 2.45) is 0 Å². The maximum Gasteiger partial charge on any atom is 0.353 e. The minimum atomic E-state index is -0.505. The van der Waals surface area contributed by atoms with Gasteiger partial charge in [-0.2, -0.15) is 0 Å². The van der Waals surface area contributed by atoms with Crippen LogP contribution in [0.1, 0.15) is 0 Å². The standard InChI is InChI=1S/C18H24N6O5/c1-27-13-3-4-14(15(11-13)28-2)22-18-16(24(25)26)17(20-12-21-18)19-5-6-23-7-9-29-10-8-23/h3-4,11-12H,5-10H2,1-2H3,(H2,19,20,21,22). The van der Waals surface area contributed by atoms with Crippen LogP contribution in [-0.2, 0) is 4.74 Å². The van der Waals surface area contributed by atoms with E-state index in [0.29, 0.717) is 36.9 Å². The fourth-order valence-corrected chi connectivity index (χ4v) is 2.96. The fourth-order valence-electron chi connectivity index (χ4n) is 2.96. The number of nitrogens with one attached hydrogen (secondary N) is 2. The Hall–Kier alpha value is -3.18. The van der Waals surface area contributed by atoms with Gasteiger partial charge in [0.15, 0.2) is 0 Å². The number of nitrogens with zero attached hydrogens (tertiary/aromatic N) is 4. The first-order chi connectivity index (χ1) is 14.1. The number of hydrogen-bond acceptors (Lipinski definition) is 10. The Labute approximate surface area is 168 Å². The highest BCUT2D eigenvalue weighted by molar-refractivity contribution is 5.76. The molecule has 0 atom stereocenters. The second-order valence-corrected chi connectivity index (χ2v) is 6.25. The highest BCUT2D eigenvalue weighted by Crippen LogP contribution is 2.35. The van der Waals surface area contributed by atoms with E-state index in [1.807, 2.05) is 0 Å². The molecule has 29 heavy (non-hydrogen) atoms. The Balaban J connectivity index is 1.77. The fraction of sp³-hybridized carbons (Fsp3) is 0.444. The first-order valence-corrected chi connectivity index (χ1v) is 9.14. The van der Waals surface area contributed by atoms with E-state index in [1.165, 1.54) is 13.4 Å². The second kappa shape index (κ2) is 9.85. The van der Waals surface area contributed by atoms with Gasteiger partial charge in [0.05, 0.1) is 38.0 Å². The average molecular weight is 404 g/mol. The predicted octanol–water partition coefficient (Wildman–Crippen LogP) is 1.89. The van der Waals surface area contributed by atoms with Crippen LogP contribution in [0.4, 0.5) is 23.0 Å². The van der Waals surface area contributed by atoms with E-state index in [4.69, 9.17) is 14.2 Å². The number of ether oxygens (including phenoxy) is 3. The first kappa shape index (κ1) is 20.6. The smallest absolute Gasteiger partial charge is 0.353 e. The third-order valence-corrected chi connectivity index (χ3v) is 4.49. The van der Waals surface area contributed by atoms with E-state index < -0.39 is 4.92 Å². The number of nitro groups is 1. The molecule has 0 spiro atoms. The van der Waals surface area contributed by atoms with Crippen LogP contribution in [0.25, 0.3) is 0 Å². The van der Waals surface area contributed by atoms with E-state index in [1.54, 1.807) is 25.3 Å². The second-order valence-electron chi connectivity index (χ2n) is 6.25. The molecule has 2 N–H and O–H groups in total. The molecule has 1 fully saturated rings. The summed E-state index contributed by atoms with van der Waals surface area (Å²) < 4.78 is 15.8. The third-order valence-electron chi connectivity index (χ3n) is 4.49. The molecule has 0 amide bonds. The largest absolute Gasteiger partial charge is 0.497 e. The quantitative estimate of drug-likeness (QED) is 0.473. The molecule has 11 heteroatoms. The number of benzene rings is 1. The zero-order valence-electron chi connectivity index (χ0n) is 16.4. The van der Waals surface area contributed by atoms with Crippen LogP contribution in [0.2, 0.25) is 0 Å². The summed E-state index contributed by atoms with van der Waals surface area (Å²) in [5.74, 6) is 1.31. The van der Waals surface area contributed by atoms with Gasteiger partial charge in [0.2, 0.25) is 11.6 Å². The number of anilines is 3. The molecule has 1 saturated heterocycles. The van der Waals surface area contributed by atoms with Crippen molar-refractivity contribution in [3.05, 3.63) is 34.6 Å². The van der Waals surface area contributed by atoms with Crippen molar-refractivity contribution in [1.29, 1.82) is 0 Å². The molecule has 2 aromatic rings. The van der Waals surface area contributed by atoms with Gasteiger partial charge in [0, 0.05) is 32.2 Å². The van der Waals surface area contributed by atoms with Gasteiger partial charge in [-0.1, -0.05) is 0 Å². The van der Waals surface area contributed by atoms with Crippen LogP contribution in [0, 0.1) is 10.1 Å². The zero-order chi connectivity index (χ0) is 20.6. The SMILES string of the molecule is COc1ccc(Nc2ncnc(NCCN3CCOCC3)c2[N+](=O)[O-])c(OC)c1. The van der Waals surface area contributed by atoms with E-state index in [-0.39, 0.29) is 17.3 Å². The Kier molecular flexibility index (Phi) is 6.98. The average Bonchev–Trinajstić information content (AvgIpc) is 2.74. The summed E-state index contributed by atoms with van der Waals surface area (Å²) in [7, 11) is 3.05. The van der Waals surface area contributed by atoms with Crippen LogP contribution in [-0.4, -0.2) is 73.4 Å². The Bertz CT molecular complexity index is 843. The molecule has 1 aliphatic heterocycles. The predicted molar refractivity (Wildman–Crippen MR) is 107 cm³/mol. The number of methoxy groups -OCH3 is 2. The maximum atomic E-state index is 11.7. The zero-order valence-corrected chi connectivity index (χ0v) is 16.4. The first-order valence-electron chi connectivity index (χ1n) is 9.14. The molecule has 0 saturated carbocycles. The lowest BCUT2D eigenvalue weighted by molar-refractivity contribution is -0.383. The molecular weight excluding hydrogens is 380 g/mol. The van der Waals surface area contributed by atoms with Gasteiger partial charge in [0.1, 0.15) is 17.8 Å². The monoisotopic (exact) mass is 404 g/mol. The highest BCUT2D eigenvalue weighted by Gasteiger charge is 2.24. The van der Waals surface area contributed by atoms with Crippen molar-refractivity contribution in [3.8, 4) is 11.5 Å². The normalized spacial score (nSPS) is 14.3. The van der Waals surface area contributed by atoms with Gasteiger partial charge in [-0.15, -0.1) is 0 Å². The maximum absolute atomic E-state index is 11.7. The third kappa shape index (κ3) is 5.21. The summed E-state index contributed by atoms with van der Waals surface area (Å²) in [5, 5.41) is 17.7. The lowest BCUT2D eigenvalue weighted by Gasteiger charge is -2.26. The lowest BCUT2D eigenvalue weighted by Crippen LogP contribution is -2.39. The molecule has 0 radical (unpaired) electrons. The summed E-state index contributed by atoms with van der Waals surface area (Å²) in [5.41, 5.74) is 0.293. The van der Waals surface area contributed by atoms with Crippen molar-refractivity contribution in [2.75, 3.05) is 64.2 Å². The van der Waals surface area contributed by atoms with Gasteiger partial charge in [0.25, 0.3) is 0 Å². The van der Waals surface area contributed by atoms with Crippen molar-refractivity contribution in [3.63, 3.8) is 0 Å². The number of aromatic nitrogens is 2. The van der Waals surface area contributed by atoms with Gasteiger partial charge in [-0.05, 0) is 12.1 Å². The molecule has 0 unspecified atom stereocenters. The van der Waals surface area contributed by atoms with Crippen LogP contribution in [0.5, 0.6) is 11.5 Å². The van der Waals surface area contributed by atoms with Crippen molar-refractivity contribution < 1.29 is 19.1 Å². The van der Waals surface area contributed by atoms with E-state index in [2.05, 4.69) is 25.5 Å². The summed E-state index contributed by atoms with van der Waals surface area (Å²) in [6.45, 7) is 4.34. The summed E-state index contributed by atoms with van der Waals surface area (Å²) in [4.78, 5) is 21.6. The Morgan fingerprint density at radius 2 is 1.97 bits per heavy atom. The molecule has 11 nitrogen and oxygen atoms in total. The highest BCUT2D eigenvalue weighted by atomic mass is 16.6. The van der Waals surface area contributed by atoms with Crippen molar-refractivity contribution in [1.82, 2.24) is 14.9 Å². The molecule has 0 aliphatic carbocycles. The molecule has 0 bridgehead atoms. The van der Waals surface area contributed by atoms with Crippen molar-refractivity contribution >= 4 is 23.0 Å². The molecule has 1 aliphatic rings. The van der Waals surface area contributed by atoms with Crippen LogP contribution >= 0.6 is 0 Å². The molecule has 156 valence electrons. The van der Waals surface area contributed by atoms with Gasteiger partial charge in [-0.3, -0.25) is 15.0 Å². The summed E-state index contributed by atoms with van der Waals surface area (Å²) in [6.07, 6.45) is 1.28. The number of morpholine rings is 1. The van der Waals surface area contributed by atoms with Crippen LogP contribution in [0.15, 0.2) is 24.5 Å². The molecular formula is C18H24N6O5. The Morgan fingerprint density at radius 3 is 2.66 bits per heavy atom. The van der Waals surface area contributed by atoms with Gasteiger partial charge < -0.3 is 24.8 Å². The van der Waals surface area contributed by atoms with Gasteiger partial charge in [-0.25, -0.2) is 9.97 Å².